The highest BCUT2D eigenvalue weighted by Crippen LogP contribution is 2.54. The van der Waals surface area contributed by atoms with Gasteiger partial charge in [0, 0.05) is 0 Å². The fraction of sp³-hybridized carbons (Fsp3) is 0.250. The summed E-state index contributed by atoms with van der Waals surface area (Å²) in [5.41, 5.74) is -0.275. The summed E-state index contributed by atoms with van der Waals surface area (Å²) in [6.45, 7) is 1.71. The van der Waals surface area contributed by atoms with Gasteiger partial charge in [-0.2, -0.15) is 13.2 Å². The zero-order valence-corrected chi connectivity index (χ0v) is 8.91. The fourth-order valence-electron chi connectivity index (χ4n) is 1.59. The lowest BCUT2D eigenvalue weighted by Gasteiger charge is -2.08. The van der Waals surface area contributed by atoms with Gasteiger partial charge in [0.2, 0.25) is 0 Å². The fourth-order valence-corrected chi connectivity index (χ4v) is 1.59. The first kappa shape index (κ1) is 11.7. The second-order valence-electron chi connectivity index (χ2n) is 3.81. The van der Waals surface area contributed by atoms with Crippen molar-refractivity contribution in [3.8, 4) is 11.5 Å². The molecule has 2 nitrogen and oxygen atoms in total. The van der Waals surface area contributed by atoms with Crippen LogP contribution in [0.5, 0.6) is 11.5 Å². The highest BCUT2D eigenvalue weighted by molar-refractivity contribution is 5.66. The van der Waals surface area contributed by atoms with Crippen molar-refractivity contribution in [2.24, 2.45) is 0 Å². The lowest BCUT2D eigenvalue weighted by molar-refractivity contribution is -0.137. The van der Waals surface area contributed by atoms with E-state index < -0.39 is 11.7 Å². The number of alkyl halides is 3. The second-order valence-corrected chi connectivity index (χ2v) is 3.81. The molecule has 1 aromatic rings. The molecule has 1 heterocycles. The molecule has 17 heavy (non-hydrogen) atoms. The minimum absolute atomic E-state index is 0.0900. The minimum Gasteiger partial charge on any atom is -0.449 e. The van der Waals surface area contributed by atoms with E-state index in [-0.39, 0.29) is 17.4 Å². The van der Waals surface area contributed by atoms with Gasteiger partial charge in [-0.05, 0) is 29.7 Å². The van der Waals surface area contributed by atoms with Crippen LogP contribution in [-0.2, 0) is 11.0 Å². The van der Waals surface area contributed by atoms with Gasteiger partial charge in [-0.1, -0.05) is 13.0 Å². The molecule has 0 amide bonds. The van der Waals surface area contributed by atoms with Gasteiger partial charge in [0.05, 0.1) is 0 Å². The number of halogens is 3. The van der Waals surface area contributed by atoms with E-state index in [1.54, 1.807) is 13.0 Å². The largest absolute Gasteiger partial charge is 0.449 e. The average molecular weight is 242 g/mol. The number of allylic oxidation sites excluding steroid dienone is 2. The summed E-state index contributed by atoms with van der Waals surface area (Å²) in [6, 6.07) is 2.62. The zero-order chi connectivity index (χ0) is 12.6. The van der Waals surface area contributed by atoms with Crippen LogP contribution in [0, 0.1) is 0 Å². The first-order chi connectivity index (χ1) is 7.93. The lowest BCUT2D eigenvalue weighted by Crippen LogP contribution is -2.04. The third-order valence-corrected chi connectivity index (χ3v) is 2.56. The second kappa shape index (κ2) is 3.91. The maximum absolute atomic E-state index is 12.6. The smallest absolute Gasteiger partial charge is 0.420 e. The van der Waals surface area contributed by atoms with Crippen LogP contribution in [-0.4, -0.2) is 6.29 Å². The van der Waals surface area contributed by atoms with Crippen molar-refractivity contribution in [3.63, 3.8) is 0 Å². The zero-order valence-electron chi connectivity index (χ0n) is 8.91. The van der Waals surface area contributed by atoms with Crippen LogP contribution in [0.25, 0.3) is 0 Å². The molecule has 0 unspecified atom stereocenters. The Labute approximate surface area is 95.7 Å². The highest BCUT2D eigenvalue weighted by Gasteiger charge is 2.41. The van der Waals surface area contributed by atoms with Gasteiger partial charge >= 0.3 is 6.18 Å². The molecule has 0 spiro atoms. The number of rotatable bonds is 3. The third-order valence-electron chi connectivity index (χ3n) is 2.56. The van der Waals surface area contributed by atoms with Gasteiger partial charge in [0.15, 0.2) is 11.5 Å². The van der Waals surface area contributed by atoms with Crippen LogP contribution in [0.2, 0.25) is 0 Å². The van der Waals surface area contributed by atoms with Gasteiger partial charge in [-0.15, -0.1) is 0 Å². The van der Waals surface area contributed by atoms with Gasteiger partial charge in [-0.25, -0.2) is 0 Å². The molecule has 5 heteroatoms. The van der Waals surface area contributed by atoms with Crippen LogP contribution < -0.4 is 4.74 Å². The summed E-state index contributed by atoms with van der Waals surface area (Å²) in [7, 11) is 0. The van der Waals surface area contributed by atoms with Crippen LogP contribution >= 0.6 is 0 Å². The summed E-state index contributed by atoms with van der Waals surface area (Å²) >= 11 is 0. The monoisotopic (exact) mass is 242 g/mol. The molecular formula is C12H9F3O2. The van der Waals surface area contributed by atoms with E-state index in [0.717, 1.165) is 6.07 Å². The van der Waals surface area contributed by atoms with Crippen molar-refractivity contribution in [2.75, 3.05) is 0 Å². The van der Waals surface area contributed by atoms with E-state index in [2.05, 4.69) is 0 Å². The van der Waals surface area contributed by atoms with E-state index in [1.165, 1.54) is 12.2 Å². The van der Waals surface area contributed by atoms with Crippen molar-refractivity contribution >= 4 is 6.29 Å². The summed E-state index contributed by atoms with van der Waals surface area (Å²) in [5, 5.41) is 0. The van der Waals surface area contributed by atoms with Crippen molar-refractivity contribution in [3.05, 3.63) is 35.4 Å². The number of carbonyl (C=O) groups is 1. The van der Waals surface area contributed by atoms with Crippen molar-refractivity contribution in [2.45, 2.75) is 19.0 Å². The molecule has 0 N–H and O–H groups in total. The number of carbonyl (C=O) groups excluding carboxylic acids is 1. The van der Waals surface area contributed by atoms with Crippen LogP contribution in [0.15, 0.2) is 24.3 Å². The predicted molar refractivity (Wildman–Crippen MR) is 55.1 cm³/mol. The molecule has 2 rings (SSSR count). The number of aldehydes is 1. The standard InChI is InChI=1S/C12H9F3O2/c1-7(3-2-4-16)8-5-9(12(13,14)15)11-10(6-8)17-11/h2-7H,1H3/b3-2+/t7-/m1/s1. The van der Waals surface area contributed by atoms with E-state index in [4.69, 9.17) is 4.74 Å². The maximum atomic E-state index is 12.6. The Bertz CT molecular complexity index is 489. The molecule has 0 aromatic heterocycles. The summed E-state index contributed by atoms with van der Waals surface area (Å²) in [4.78, 5) is 10.2. The number of hydrogen-bond acceptors (Lipinski definition) is 2. The van der Waals surface area contributed by atoms with Crippen LogP contribution in [0.4, 0.5) is 13.2 Å². The molecule has 0 radical (unpaired) electrons. The topological polar surface area (TPSA) is 29.6 Å². The Kier molecular flexibility index (Phi) is 2.69. The molecule has 1 aromatic carbocycles. The molecule has 90 valence electrons. The van der Waals surface area contributed by atoms with Gasteiger partial charge in [0.1, 0.15) is 11.8 Å². The number of ether oxygens (including phenoxy) is 1. The Balaban J connectivity index is 2.36. The van der Waals surface area contributed by atoms with Crippen LogP contribution in [0.3, 0.4) is 0 Å². The lowest BCUT2D eigenvalue weighted by atomic mass is 9.98. The van der Waals surface area contributed by atoms with E-state index >= 15 is 0 Å². The van der Waals surface area contributed by atoms with Gasteiger partial charge in [0.25, 0.3) is 0 Å². The Morgan fingerprint density at radius 1 is 1.35 bits per heavy atom. The molecule has 1 aliphatic heterocycles. The Morgan fingerprint density at radius 2 is 2.06 bits per heavy atom. The molecule has 0 saturated heterocycles. The average Bonchev–Trinajstić information content (AvgIpc) is 3.01. The number of benzene rings is 1. The summed E-state index contributed by atoms with van der Waals surface area (Å²) < 4.78 is 42.6. The van der Waals surface area contributed by atoms with E-state index in [1.807, 2.05) is 0 Å². The molecule has 0 fully saturated rings. The maximum Gasteiger partial charge on any atom is 0.420 e. The SMILES string of the molecule is C[C@H](/C=C/C=O)c1cc2c(c(C(F)(F)F)c1)O2. The minimum atomic E-state index is -4.41. The first-order valence-electron chi connectivity index (χ1n) is 4.98. The molecule has 1 aliphatic rings. The number of fused-ring (bicyclic) bond motifs is 1. The van der Waals surface area contributed by atoms with Crippen molar-refractivity contribution in [1.82, 2.24) is 0 Å². The van der Waals surface area contributed by atoms with Crippen molar-refractivity contribution < 1.29 is 22.7 Å². The molecule has 0 saturated carbocycles. The van der Waals surface area contributed by atoms with Crippen molar-refractivity contribution in [1.29, 1.82) is 0 Å². The van der Waals surface area contributed by atoms with Gasteiger partial charge in [-0.3, -0.25) is 4.79 Å². The Hall–Kier alpha value is -1.78. The van der Waals surface area contributed by atoms with E-state index in [0.29, 0.717) is 11.8 Å². The molecule has 1 atom stereocenters. The van der Waals surface area contributed by atoms with Gasteiger partial charge < -0.3 is 4.74 Å². The first-order valence-corrected chi connectivity index (χ1v) is 4.98. The van der Waals surface area contributed by atoms with Crippen LogP contribution in [0.1, 0.15) is 24.0 Å². The molecule has 0 aliphatic carbocycles. The predicted octanol–water partition coefficient (Wildman–Crippen LogP) is 3.67. The quantitative estimate of drug-likeness (QED) is 0.467. The third kappa shape index (κ3) is 2.33. The highest BCUT2D eigenvalue weighted by atomic mass is 19.4. The Morgan fingerprint density at radius 3 is 2.65 bits per heavy atom. The summed E-state index contributed by atoms with van der Waals surface area (Å²) in [6.07, 6.45) is -1.02. The van der Waals surface area contributed by atoms with E-state index in [9.17, 15) is 18.0 Å². The molecule has 0 bridgehead atoms. The number of hydrogen-bond donors (Lipinski definition) is 0. The molecular weight excluding hydrogens is 233 g/mol. The normalized spacial score (nSPS) is 15.3. The summed E-state index contributed by atoms with van der Waals surface area (Å²) in [5.74, 6) is -0.0928.